The number of methoxy groups -OCH3 is 2. The van der Waals surface area contributed by atoms with Crippen LogP contribution in [0.5, 0.6) is 0 Å². The van der Waals surface area contributed by atoms with Gasteiger partial charge in [-0.2, -0.15) is 8.78 Å². The predicted molar refractivity (Wildman–Crippen MR) is 157 cm³/mol. The van der Waals surface area contributed by atoms with E-state index in [1.165, 1.54) is 38.7 Å². The second-order valence-corrected chi connectivity index (χ2v) is 9.35. The van der Waals surface area contributed by atoms with Gasteiger partial charge in [0.25, 0.3) is 0 Å². The van der Waals surface area contributed by atoms with Crippen LogP contribution in [0.1, 0.15) is 11.1 Å². The van der Waals surface area contributed by atoms with Gasteiger partial charge < -0.3 is 19.5 Å². The summed E-state index contributed by atoms with van der Waals surface area (Å²) in [5.41, 5.74) is 2.64. The van der Waals surface area contributed by atoms with Crippen molar-refractivity contribution in [2.75, 3.05) is 14.2 Å². The van der Waals surface area contributed by atoms with Crippen molar-refractivity contribution in [1.29, 1.82) is 0 Å². The molecule has 0 aliphatic rings. The van der Waals surface area contributed by atoms with E-state index in [1.54, 1.807) is 42.5 Å². The van der Waals surface area contributed by atoms with Gasteiger partial charge >= 0.3 is 19.1 Å². The van der Waals surface area contributed by atoms with E-state index in [2.05, 4.69) is 19.4 Å². The Hall–Kier alpha value is -3.61. The third-order valence-corrected chi connectivity index (χ3v) is 6.43. The number of halogens is 5. The highest BCUT2D eigenvalue weighted by molar-refractivity contribution is 6.58. The van der Waals surface area contributed by atoms with Gasteiger partial charge in [-0.3, -0.25) is 9.59 Å². The van der Waals surface area contributed by atoms with Gasteiger partial charge in [0.05, 0.1) is 27.1 Å². The van der Waals surface area contributed by atoms with Gasteiger partial charge in [0.15, 0.2) is 0 Å². The SMILES string of the molecule is COC(=O)Cc1c(Cl)cccc1-c1ccnc(F)c1.COC(=O)Cc1c(Cl)cccc1Cl.OB(O)c1ccnc(F)c1. The Morgan fingerprint density at radius 1 is 0.762 bits per heavy atom. The number of carbonyl (C=O) groups is 2. The van der Waals surface area contributed by atoms with Crippen LogP contribution < -0.4 is 5.46 Å². The number of benzene rings is 2. The number of ether oxygens (including phenoxy) is 2. The number of aromatic nitrogens is 2. The Kier molecular flexibility index (Phi) is 14.3. The monoisotopic (exact) mass is 638 g/mol. The third kappa shape index (κ3) is 11.0. The van der Waals surface area contributed by atoms with Crippen molar-refractivity contribution in [1.82, 2.24) is 9.97 Å². The maximum absolute atomic E-state index is 13.2. The minimum Gasteiger partial charge on any atom is -0.469 e. The average Bonchev–Trinajstić information content (AvgIpc) is 2.96. The van der Waals surface area contributed by atoms with Crippen molar-refractivity contribution < 1.29 is 37.9 Å². The summed E-state index contributed by atoms with van der Waals surface area (Å²) in [5.74, 6) is -2.05. The number of carbonyl (C=O) groups excluding carboxylic acids is 2. The van der Waals surface area contributed by atoms with E-state index in [1.807, 2.05) is 0 Å². The largest absolute Gasteiger partial charge is 0.488 e. The molecule has 0 fully saturated rings. The van der Waals surface area contributed by atoms with E-state index in [0.717, 1.165) is 6.07 Å². The normalized spacial score (nSPS) is 9.93. The third-order valence-electron chi connectivity index (χ3n) is 5.36. The van der Waals surface area contributed by atoms with Crippen LogP contribution in [0.4, 0.5) is 8.78 Å². The van der Waals surface area contributed by atoms with Gasteiger partial charge in [0.1, 0.15) is 0 Å². The number of pyridine rings is 2. The van der Waals surface area contributed by atoms with Crippen molar-refractivity contribution in [3.05, 3.63) is 111 Å². The molecule has 4 rings (SSSR count). The lowest BCUT2D eigenvalue weighted by molar-refractivity contribution is -0.140. The maximum Gasteiger partial charge on any atom is 0.488 e. The van der Waals surface area contributed by atoms with Crippen molar-refractivity contribution >= 4 is 59.3 Å². The van der Waals surface area contributed by atoms with Crippen molar-refractivity contribution in [3.8, 4) is 11.1 Å². The summed E-state index contributed by atoms with van der Waals surface area (Å²) >= 11 is 17.8. The van der Waals surface area contributed by atoms with Crippen LogP contribution in [0, 0.1) is 11.9 Å². The first kappa shape index (κ1) is 34.6. The highest BCUT2D eigenvalue weighted by Gasteiger charge is 2.14. The summed E-state index contributed by atoms with van der Waals surface area (Å²) in [4.78, 5) is 29.1. The highest BCUT2D eigenvalue weighted by atomic mass is 35.5. The topological polar surface area (TPSA) is 119 Å². The van der Waals surface area contributed by atoms with E-state index in [0.29, 0.717) is 37.3 Å². The molecule has 0 saturated carbocycles. The molecule has 0 aliphatic heterocycles. The molecule has 0 aliphatic carbocycles. The van der Waals surface area contributed by atoms with Crippen molar-refractivity contribution in [2.45, 2.75) is 12.8 Å². The molecule has 0 amide bonds. The van der Waals surface area contributed by atoms with Crippen molar-refractivity contribution in [3.63, 3.8) is 0 Å². The molecule has 0 radical (unpaired) electrons. The molecule has 0 bridgehead atoms. The molecule has 2 N–H and O–H groups in total. The quantitative estimate of drug-likeness (QED) is 0.174. The smallest absolute Gasteiger partial charge is 0.469 e. The number of rotatable bonds is 6. The van der Waals surface area contributed by atoms with E-state index in [4.69, 9.17) is 44.9 Å². The highest BCUT2D eigenvalue weighted by Crippen LogP contribution is 2.30. The van der Waals surface area contributed by atoms with Gasteiger partial charge in [-0.25, -0.2) is 9.97 Å². The molecule has 42 heavy (non-hydrogen) atoms. The minimum absolute atomic E-state index is 0.0372. The Bertz CT molecular complexity index is 1490. The summed E-state index contributed by atoms with van der Waals surface area (Å²) in [6.45, 7) is 0. The fourth-order valence-corrected chi connectivity index (χ4v) is 4.06. The zero-order valence-corrected chi connectivity index (χ0v) is 24.5. The van der Waals surface area contributed by atoms with E-state index in [9.17, 15) is 18.4 Å². The standard InChI is InChI=1S/C14H11ClFNO2.C9H8Cl2O2.C5H5BFNO2/c1-19-14(18)8-11-10(3-2-4-12(11)15)9-5-6-17-13(16)7-9;1-13-9(12)5-6-7(10)3-2-4-8(6)11;7-5-3-4(6(9)10)1-2-8-5/h2-7H,8H2,1H3;2-4H,5H2,1H3;1-3,9-10H. The fourth-order valence-electron chi connectivity index (χ4n) is 3.29. The molecular formula is C28H24BCl3F2N2O6. The molecular weight excluding hydrogens is 615 g/mol. The Labute approximate surface area is 256 Å². The molecule has 0 unspecified atom stereocenters. The van der Waals surface area contributed by atoms with Gasteiger partial charge in [-0.15, -0.1) is 0 Å². The van der Waals surface area contributed by atoms with Crippen LogP contribution in [-0.4, -0.2) is 53.3 Å². The van der Waals surface area contributed by atoms with E-state index >= 15 is 0 Å². The first-order valence-corrected chi connectivity index (χ1v) is 13.0. The number of hydrogen-bond donors (Lipinski definition) is 2. The van der Waals surface area contributed by atoms with Gasteiger partial charge in [0, 0.05) is 39.1 Å². The molecule has 220 valence electrons. The lowest BCUT2D eigenvalue weighted by atomic mass is 9.81. The van der Waals surface area contributed by atoms with Crippen LogP contribution in [0.15, 0.2) is 73.1 Å². The molecule has 0 spiro atoms. The summed E-state index contributed by atoms with van der Waals surface area (Å²) in [5, 5.41) is 18.4. The Balaban J connectivity index is 0.000000234. The lowest BCUT2D eigenvalue weighted by Crippen LogP contribution is -2.30. The van der Waals surface area contributed by atoms with Gasteiger partial charge in [-0.05, 0) is 58.6 Å². The fraction of sp³-hybridized carbons (Fsp3) is 0.143. The van der Waals surface area contributed by atoms with Gasteiger partial charge in [-0.1, -0.05) is 53.0 Å². The van der Waals surface area contributed by atoms with Crippen LogP contribution in [0.3, 0.4) is 0 Å². The second kappa shape index (κ2) is 17.4. The number of esters is 2. The zero-order chi connectivity index (χ0) is 31.2. The summed E-state index contributed by atoms with van der Waals surface area (Å²) in [6.07, 6.45) is 2.68. The second-order valence-electron chi connectivity index (χ2n) is 8.12. The first-order valence-electron chi connectivity index (χ1n) is 11.9. The molecule has 2 aromatic heterocycles. The predicted octanol–water partition coefficient (Wildman–Crippen LogP) is 4.87. The van der Waals surface area contributed by atoms with E-state index < -0.39 is 25.0 Å². The first-order chi connectivity index (χ1) is 20.0. The molecule has 2 aromatic carbocycles. The molecule has 0 saturated heterocycles. The number of hydrogen-bond acceptors (Lipinski definition) is 8. The van der Waals surface area contributed by atoms with Crippen LogP contribution in [0.25, 0.3) is 11.1 Å². The van der Waals surface area contributed by atoms with E-state index in [-0.39, 0.29) is 24.3 Å². The summed E-state index contributed by atoms with van der Waals surface area (Å²) < 4.78 is 34.5. The lowest BCUT2D eigenvalue weighted by Gasteiger charge is -2.10. The van der Waals surface area contributed by atoms with Crippen LogP contribution in [-0.2, 0) is 31.9 Å². The Morgan fingerprint density at radius 3 is 1.71 bits per heavy atom. The molecule has 14 heteroatoms. The molecule has 8 nitrogen and oxygen atoms in total. The van der Waals surface area contributed by atoms with Crippen LogP contribution >= 0.6 is 34.8 Å². The van der Waals surface area contributed by atoms with Crippen molar-refractivity contribution in [2.24, 2.45) is 0 Å². The van der Waals surface area contributed by atoms with Crippen LogP contribution in [0.2, 0.25) is 15.1 Å². The average molecular weight is 640 g/mol. The van der Waals surface area contributed by atoms with Gasteiger partial charge in [0.2, 0.25) is 11.9 Å². The maximum atomic E-state index is 13.2. The summed E-state index contributed by atoms with van der Waals surface area (Å²) in [7, 11) is 1.01. The molecule has 0 atom stereocenters. The summed E-state index contributed by atoms with van der Waals surface area (Å²) in [6, 6.07) is 15.6. The number of nitrogens with zero attached hydrogens (tertiary/aromatic N) is 2. The zero-order valence-electron chi connectivity index (χ0n) is 22.2. The minimum atomic E-state index is -1.63. The molecule has 2 heterocycles. The Morgan fingerprint density at radius 2 is 1.24 bits per heavy atom. The molecule has 4 aromatic rings.